The summed E-state index contributed by atoms with van der Waals surface area (Å²) in [6.07, 6.45) is 4.65. The maximum absolute atomic E-state index is 11.8. The molecule has 0 radical (unpaired) electrons. The first-order valence-electron chi connectivity index (χ1n) is 13.2. The van der Waals surface area contributed by atoms with Crippen LogP contribution in [0.15, 0.2) is 29.8 Å². The molecule has 6 atom stereocenters. The van der Waals surface area contributed by atoms with Crippen molar-refractivity contribution in [3.05, 3.63) is 41.0 Å². The smallest absolute Gasteiger partial charge is 0.303 e. The van der Waals surface area contributed by atoms with Crippen molar-refractivity contribution >= 4 is 11.7 Å². The molecule has 1 aromatic carbocycles. The molecule has 5 heteroatoms. The normalized spacial score (nSPS) is 33.1. The molecular formula is C29H44N2O3. The predicted octanol–water partition coefficient (Wildman–Crippen LogP) is 4.74. The van der Waals surface area contributed by atoms with E-state index in [0.29, 0.717) is 18.3 Å². The van der Waals surface area contributed by atoms with Crippen LogP contribution in [-0.4, -0.2) is 60.4 Å². The fraction of sp³-hybridized carbons (Fsp3) is 0.690. The van der Waals surface area contributed by atoms with Crippen molar-refractivity contribution in [1.29, 1.82) is 0 Å². The summed E-state index contributed by atoms with van der Waals surface area (Å²) in [6.45, 7) is 17.8. The molecule has 1 aliphatic heterocycles. The van der Waals surface area contributed by atoms with Crippen molar-refractivity contribution in [2.45, 2.75) is 72.5 Å². The molecule has 4 rings (SSSR count). The largest absolute Gasteiger partial charge is 0.458 e. The zero-order valence-electron chi connectivity index (χ0n) is 22.0. The molecule has 5 nitrogen and oxygen atoms in total. The van der Waals surface area contributed by atoms with E-state index in [1.54, 1.807) is 0 Å². The lowest BCUT2D eigenvalue weighted by molar-refractivity contribution is -0.159. The molecule has 1 aromatic rings. The maximum atomic E-state index is 11.8. The van der Waals surface area contributed by atoms with E-state index < -0.39 is 5.60 Å². The standard InChI is InChI=1S/C29H44N2O3/c1-19-8-7-9-27(23(19)5)31-14-12-30(13-15-31)18-21(3)25-11-10-22(4)29(33)17-28(34-24(6)32)20(2)16-26(25)29/h7-9,16,21-22,25-26,28,33H,10-15,17-18H2,1-6H3/t21-,22-,25+,26-,28-,29-/m1/s1. The lowest BCUT2D eigenvalue weighted by Gasteiger charge is -2.53. The number of anilines is 1. The van der Waals surface area contributed by atoms with Gasteiger partial charge in [-0.05, 0) is 74.1 Å². The number of ether oxygens (including phenoxy) is 1. The van der Waals surface area contributed by atoms with Gasteiger partial charge in [-0.25, -0.2) is 0 Å². The second kappa shape index (κ2) is 10.0. The van der Waals surface area contributed by atoms with Crippen LogP contribution in [0.3, 0.4) is 0 Å². The molecule has 188 valence electrons. The molecule has 0 bridgehead atoms. The van der Waals surface area contributed by atoms with E-state index in [9.17, 15) is 9.90 Å². The molecule has 1 saturated carbocycles. The SMILES string of the molecule is CC(=O)O[C@@H]1C[C@@]2(O)[C@H](C)CC[C@@H]([C@H](C)CN3CCN(c4cccc(C)c4C)CC3)[C@H]2C=C1C. The van der Waals surface area contributed by atoms with Crippen LogP contribution < -0.4 is 4.90 Å². The summed E-state index contributed by atoms with van der Waals surface area (Å²) in [6, 6.07) is 6.62. The van der Waals surface area contributed by atoms with Gasteiger partial charge in [0.15, 0.2) is 0 Å². The minimum atomic E-state index is -0.793. The number of esters is 1. The first kappa shape index (κ1) is 25.2. The van der Waals surface area contributed by atoms with Crippen LogP contribution in [0, 0.1) is 37.5 Å². The Hall–Kier alpha value is -1.85. The quantitative estimate of drug-likeness (QED) is 0.500. The van der Waals surface area contributed by atoms with E-state index in [0.717, 1.165) is 51.1 Å². The lowest BCUT2D eigenvalue weighted by atomic mass is 9.57. The third kappa shape index (κ3) is 4.92. The van der Waals surface area contributed by atoms with Crippen molar-refractivity contribution in [2.75, 3.05) is 37.6 Å². The highest BCUT2D eigenvalue weighted by molar-refractivity contribution is 5.66. The van der Waals surface area contributed by atoms with Gasteiger partial charge in [0.05, 0.1) is 5.60 Å². The summed E-state index contributed by atoms with van der Waals surface area (Å²) in [5.74, 6) is 1.03. The molecule has 2 aliphatic carbocycles. The summed E-state index contributed by atoms with van der Waals surface area (Å²) in [4.78, 5) is 16.8. The zero-order chi connectivity index (χ0) is 24.6. The first-order chi connectivity index (χ1) is 16.1. The molecule has 2 fully saturated rings. The van der Waals surface area contributed by atoms with Gasteiger partial charge in [-0.3, -0.25) is 9.69 Å². The van der Waals surface area contributed by atoms with Crippen molar-refractivity contribution in [1.82, 2.24) is 4.90 Å². The fourth-order valence-corrected chi connectivity index (χ4v) is 6.79. The number of fused-ring (bicyclic) bond motifs is 1. The van der Waals surface area contributed by atoms with Gasteiger partial charge in [0.2, 0.25) is 0 Å². The van der Waals surface area contributed by atoms with Crippen LogP contribution in [0.25, 0.3) is 0 Å². The first-order valence-corrected chi connectivity index (χ1v) is 13.2. The predicted molar refractivity (Wildman–Crippen MR) is 138 cm³/mol. The monoisotopic (exact) mass is 468 g/mol. The molecule has 3 aliphatic rings. The molecular weight excluding hydrogens is 424 g/mol. The Kier molecular flexibility index (Phi) is 7.44. The third-order valence-electron chi connectivity index (χ3n) is 9.16. The van der Waals surface area contributed by atoms with Gasteiger partial charge in [0.1, 0.15) is 6.10 Å². The maximum Gasteiger partial charge on any atom is 0.303 e. The molecule has 0 spiro atoms. The highest BCUT2D eigenvalue weighted by Gasteiger charge is 2.52. The van der Waals surface area contributed by atoms with E-state index >= 15 is 0 Å². The summed E-state index contributed by atoms with van der Waals surface area (Å²) in [7, 11) is 0. The number of benzene rings is 1. The van der Waals surface area contributed by atoms with Crippen LogP contribution >= 0.6 is 0 Å². The molecule has 1 heterocycles. The molecule has 34 heavy (non-hydrogen) atoms. The van der Waals surface area contributed by atoms with Crippen LogP contribution in [0.4, 0.5) is 5.69 Å². The second-order valence-corrected chi connectivity index (χ2v) is 11.4. The van der Waals surface area contributed by atoms with Gasteiger partial charge < -0.3 is 14.7 Å². The number of hydrogen-bond acceptors (Lipinski definition) is 5. The number of carbonyl (C=O) groups is 1. The van der Waals surface area contributed by atoms with Gasteiger partial charge in [-0.1, -0.05) is 32.1 Å². The van der Waals surface area contributed by atoms with E-state index in [2.05, 4.69) is 68.7 Å². The summed E-state index contributed by atoms with van der Waals surface area (Å²) >= 11 is 0. The fourth-order valence-electron chi connectivity index (χ4n) is 6.79. The number of rotatable bonds is 5. The van der Waals surface area contributed by atoms with Gasteiger partial charge in [0, 0.05) is 57.7 Å². The van der Waals surface area contributed by atoms with E-state index in [4.69, 9.17) is 4.74 Å². The van der Waals surface area contributed by atoms with Gasteiger partial charge in [0.25, 0.3) is 0 Å². The molecule has 1 N–H and O–H groups in total. The number of piperazine rings is 1. The number of aliphatic hydroxyl groups is 1. The summed E-state index contributed by atoms with van der Waals surface area (Å²) < 4.78 is 5.57. The Morgan fingerprint density at radius 2 is 1.88 bits per heavy atom. The van der Waals surface area contributed by atoms with Crippen LogP contribution in [0.2, 0.25) is 0 Å². The van der Waals surface area contributed by atoms with Gasteiger partial charge in [-0.15, -0.1) is 0 Å². The van der Waals surface area contributed by atoms with Crippen molar-refractivity contribution in [3.8, 4) is 0 Å². The Bertz CT molecular complexity index is 920. The van der Waals surface area contributed by atoms with E-state index in [1.807, 2.05) is 0 Å². The highest BCUT2D eigenvalue weighted by Crippen LogP contribution is 2.51. The van der Waals surface area contributed by atoms with Gasteiger partial charge in [-0.2, -0.15) is 0 Å². The van der Waals surface area contributed by atoms with E-state index in [-0.39, 0.29) is 23.9 Å². The average molecular weight is 469 g/mol. The Labute approximate surface area is 206 Å². The Morgan fingerprint density at radius 1 is 1.18 bits per heavy atom. The van der Waals surface area contributed by atoms with Crippen LogP contribution in [0.5, 0.6) is 0 Å². The Morgan fingerprint density at radius 3 is 2.56 bits per heavy atom. The van der Waals surface area contributed by atoms with Crippen molar-refractivity contribution in [2.24, 2.45) is 23.7 Å². The molecule has 0 amide bonds. The van der Waals surface area contributed by atoms with Crippen molar-refractivity contribution in [3.63, 3.8) is 0 Å². The molecule has 0 unspecified atom stereocenters. The minimum absolute atomic E-state index is 0.134. The highest BCUT2D eigenvalue weighted by atomic mass is 16.5. The topological polar surface area (TPSA) is 53.0 Å². The van der Waals surface area contributed by atoms with Crippen LogP contribution in [0.1, 0.15) is 58.1 Å². The minimum Gasteiger partial charge on any atom is -0.458 e. The number of nitrogens with zero attached hydrogens (tertiary/aromatic N) is 2. The average Bonchev–Trinajstić information content (AvgIpc) is 2.78. The molecule has 1 saturated heterocycles. The van der Waals surface area contributed by atoms with Crippen LogP contribution in [-0.2, 0) is 9.53 Å². The van der Waals surface area contributed by atoms with Crippen molar-refractivity contribution < 1.29 is 14.6 Å². The Balaban J connectivity index is 1.41. The number of hydrogen-bond donors (Lipinski definition) is 1. The second-order valence-electron chi connectivity index (χ2n) is 11.4. The van der Waals surface area contributed by atoms with Gasteiger partial charge >= 0.3 is 5.97 Å². The lowest BCUT2D eigenvalue weighted by Crippen LogP contribution is -2.56. The summed E-state index contributed by atoms with van der Waals surface area (Å²) in [5, 5.41) is 11.8. The van der Waals surface area contributed by atoms with E-state index in [1.165, 1.54) is 23.7 Å². The third-order valence-corrected chi connectivity index (χ3v) is 9.16. The molecule has 0 aromatic heterocycles. The summed E-state index contributed by atoms with van der Waals surface area (Å²) in [5.41, 5.74) is 4.44. The number of carbonyl (C=O) groups excluding carboxylic acids is 1. The zero-order valence-corrected chi connectivity index (χ0v) is 22.0. The number of aryl methyl sites for hydroxylation is 1.